The first kappa shape index (κ1) is 14.9. The molecular weight excluding hydrogens is 278 g/mol. The Morgan fingerprint density at radius 3 is 2.30 bits per heavy atom. The number of fused-ring (bicyclic) bond motifs is 1. The standard InChI is InChI=1S/C13H19N3O3S/c1-13(2)9-10(13)12(19)16(11(9)18)6-8(17)15(3)5-4-7(14)20/h9-10H,4-6H2,1-3H3,(H2,14,20). The van der Waals surface area contributed by atoms with Crippen molar-refractivity contribution in [3.8, 4) is 0 Å². The fourth-order valence-electron chi connectivity index (χ4n) is 2.82. The zero-order valence-electron chi connectivity index (χ0n) is 11.9. The molecule has 7 heteroatoms. The number of carbonyl (C=O) groups is 3. The molecular formula is C13H19N3O3S. The van der Waals surface area contributed by atoms with Crippen molar-refractivity contribution in [3.05, 3.63) is 0 Å². The van der Waals surface area contributed by atoms with Gasteiger partial charge in [0.2, 0.25) is 17.7 Å². The van der Waals surface area contributed by atoms with Gasteiger partial charge in [-0.1, -0.05) is 26.1 Å². The third-order valence-electron chi connectivity index (χ3n) is 4.30. The van der Waals surface area contributed by atoms with Gasteiger partial charge in [-0.05, 0) is 5.41 Å². The van der Waals surface area contributed by atoms with Gasteiger partial charge in [0, 0.05) is 20.0 Å². The van der Waals surface area contributed by atoms with Crippen LogP contribution in [0.2, 0.25) is 0 Å². The van der Waals surface area contributed by atoms with Gasteiger partial charge in [0.05, 0.1) is 16.8 Å². The summed E-state index contributed by atoms with van der Waals surface area (Å²) in [4.78, 5) is 39.0. The SMILES string of the molecule is CN(CCC(N)=S)C(=O)CN1C(=O)C2C(C1=O)C2(C)C. The number of imide groups is 1. The molecule has 110 valence electrons. The second-order valence-corrected chi connectivity index (χ2v) is 6.60. The summed E-state index contributed by atoms with van der Waals surface area (Å²) in [5, 5.41) is 0. The Kier molecular flexibility index (Phi) is 3.58. The van der Waals surface area contributed by atoms with Gasteiger partial charge in [0.1, 0.15) is 6.54 Å². The first-order chi connectivity index (χ1) is 9.17. The van der Waals surface area contributed by atoms with Gasteiger partial charge in [0.25, 0.3) is 0 Å². The number of carbonyl (C=O) groups excluding carboxylic acids is 3. The molecule has 0 aromatic rings. The molecule has 1 saturated heterocycles. The molecule has 20 heavy (non-hydrogen) atoms. The molecule has 1 aliphatic carbocycles. The van der Waals surface area contributed by atoms with E-state index in [0.29, 0.717) is 18.0 Å². The summed E-state index contributed by atoms with van der Waals surface area (Å²) in [5.74, 6) is -1.21. The fraction of sp³-hybridized carbons (Fsp3) is 0.692. The number of amides is 3. The quantitative estimate of drug-likeness (QED) is 0.559. The summed E-state index contributed by atoms with van der Waals surface area (Å²) in [6, 6.07) is 0. The summed E-state index contributed by atoms with van der Waals surface area (Å²) in [6.45, 7) is 4.02. The van der Waals surface area contributed by atoms with E-state index in [1.54, 1.807) is 7.05 Å². The maximum absolute atomic E-state index is 12.1. The Morgan fingerprint density at radius 1 is 1.35 bits per heavy atom. The van der Waals surface area contributed by atoms with Crippen LogP contribution in [0.1, 0.15) is 20.3 Å². The molecule has 2 N–H and O–H groups in total. The predicted octanol–water partition coefficient (Wildman–Crippen LogP) is -0.238. The Morgan fingerprint density at radius 2 is 1.85 bits per heavy atom. The number of thiocarbonyl (C=S) groups is 1. The van der Waals surface area contributed by atoms with E-state index in [1.165, 1.54) is 4.90 Å². The summed E-state index contributed by atoms with van der Waals surface area (Å²) >= 11 is 4.75. The van der Waals surface area contributed by atoms with Crippen molar-refractivity contribution in [2.75, 3.05) is 20.1 Å². The average Bonchev–Trinajstić information content (AvgIpc) is 2.82. The molecule has 2 unspecified atom stereocenters. The number of likely N-dealkylation sites (N-methyl/N-ethyl adjacent to an activating group) is 1. The molecule has 1 heterocycles. The Hall–Kier alpha value is -1.50. The van der Waals surface area contributed by atoms with Crippen molar-refractivity contribution in [1.82, 2.24) is 9.80 Å². The summed E-state index contributed by atoms with van der Waals surface area (Å²) in [5.41, 5.74) is 5.13. The second-order valence-electron chi connectivity index (χ2n) is 6.07. The third-order valence-corrected chi connectivity index (χ3v) is 4.51. The number of nitrogens with zero attached hydrogens (tertiary/aromatic N) is 2. The molecule has 0 radical (unpaired) electrons. The second kappa shape index (κ2) is 4.80. The van der Waals surface area contributed by atoms with Crippen LogP contribution in [0.25, 0.3) is 0 Å². The molecule has 6 nitrogen and oxygen atoms in total. The molecule has 2 atom stereocenters. The van der Waals surface area contributed by atoms with Crippen molar-refractivity contribution in [2.24, 2.45) is 23.0 Å². The highest BCUT2D eigenvalue weighted by molar-refractivity contribution is 7.80. The van der Waals surface area contributed by atoms with Gasteiger partial charge >= 0.3 is 0 Å². The average molecular weight is 297 g/mol. The molecule has 3 amide bonds. The Labute approximate surface area is 123 Å². The predicted molar refractivity (Wildman–Crippen MR) is 76.5 cm³/mol. The van der Waals surface area contributed by atoms with Gasteiger partial charge in [0.15, 0.2) is 0 Å². The van der Waals surface area contributed by atoms with E-state index in [2.05, 4.69) is 0 Å². The number of likely N-dealkylation sites (tertiary alicyclic amines) is 1. The molecule has 1 saturated carbocycles. The fourth-order valence-corrected chi connectivity index (χ4v) is 2.91. The van der Waals surface area contributed by atoms with Crippen molar-refractivity contribution in [2.45, 2.75) is 20.3 Å². The highest BCUT2D eigenvalue weighted by Crippen LogP contribution is 2.63. The zero-order chi connectivity index (χ0) is 15.2. The molecule has 0 aromatic carbocycles. The largest absolute Gasteiger partial charge is 0.393 e. The Bertz CT molecular complexity index is 479. The van der Waals surface area contributed by atoms with E-state index < -0.39 is 0 Å². The van der Waals surface area contributed by atoms with Crippen LogP contribution >= 0.6 is 12.2 Å². The highest BCUT2D eigenvalue weighted by atomic mass is 32.1. The lowest BCUT2D eigenvalue weighted by atomic mass is 10.1. The molecule has 0 spiro atoms. The zero-order valence-corrected chi connectivity index (χ0v) is 12.7. The minimum Gasteiger partial charge on any atom is -0.393 e. The van der Waals surface area contributed by atoms with Gasteiger partial charge in [-0.2, -0.15) is 0 Å². The van der Waals surface area contributed by atoms with Gasteiger partial charge < -0.3 is 10.6 Å². The summed E-state index contributed by atoms with van der Waals surface area (Å²) < 4.78 is 0. The number of hydrogen-bond acceptors (Lipinski definition) is 4. The van der Waals surface area contributed by atoms with E-state index in [1.807, 2.05) is 13.8 Å². The summed E-state index contributed by atoms with van der Waals surface area (Å²) in [7, 11) is 1.61. The van der Waals surface area contributed by atoms with E-state index in [4.69, 9.17) is 18.0 Å². The lowest BCUT2D eigenvalue weighted by Gasteiger charge is -2.23. The molecule has 2 aliphatic rings. The Balaban J connectivity index is 1.92. The third kappa shape index (κ3) is 2.30. The van der Waals surface area contributed by atoms with Crippen LogP contribution in [0.3, 0.4) is 0 Å². The van der Waals surface area contributed by atoms with Gasteiger partial charge in [-0.25, -0.2) is 0 Å². The smallest absolute Gasteiger partial charge is 0.242 e. The van der Waals surface area contributed by atoms with Crippen molar-refractivity contribution in [1.29, 1.82) is 0 Å². The molecule has 1 aliphatic heterocycles. The molecule has 0 bridgehead atoms. The minimum absolute atomic E-state index is 0.186. The van der Waals surface area contributed by atoms with E-state index >= 15 is 0 Å². The van der Waals surface area contributed by atoms with Gasteiger partial charge in [-0.3, -0.25) is 19.3 Å². The monoisotopic (exact) mass is 297 g/mol. The van der Waals surface area contributed by atoms with E-state index in [0.717, 1.165) is 4.90 Å². The normalized spacial score (nSPS) is 26.4. The maximum atomic E-state index is 12.1. The van der Waals surface area contributed by atoms with Crippen LogP contribution in [-0.4, -0.2) is 52.6 Å². The van der Waals surface area contributed by atoms with Crippen molar-refractivity contribution < 1.29 is 14.4 Å². The van der Waals surface area contributed by atoms with Crippen LogP contribution in [0, 0.1) is 17.3 Å². The van der Waals surface area contributed by atoms with Crippen LogP contribution in [0.15, 0.2) is 0 Å². The number of hydrogen-bond donors (Lipinski definition) is 1. The number of nitrogens with two attached hydrogens (primary N) is 1. The summed E-state index contributed by atoms with van der Waals surface area (Å²) in [6.07, 6.45) is 0.428. The minimum atomic E-state index is -0.276. The molecule has 0 aromatic heterocycles. The van der Waals surface area contributed by atoms with Crippen LogP contribution in [-0.2, 0) is 14.4 Å². The van der Waals surface area contributed by atoms with Gasteiger partial charge in [-0.15, -0.1) is 0 Å². The number of rotatable bonds is 5. The first-order valence-electron chi connectivity index (χ1n) is 6.55. The maximum Gasteiger partial charge on any atom is 0.242 e. The topological polar surface area (TPSA) is 83.7 Å². The van der Waals surface area contributed by atoms with Crippen molar-refractivity contribution >= 4 is 34.9 Å². The van der Waals surface area contributed by atoms with Crippen LogP contribution in [0.4, 0.5) is 0 Å². The number of piperidine rings is 1. The lowest BCUT2D eigenvalue weighted by molar-refractivity contribution is -0.148. The van der Waals surface area contributed by atoms with E-state index in [-0.39, 0.29) is 41.5 Å². The van der Waals surface area contributed by atoms with Crippen LogP contribution in [0.5, 0.6) is 0 Å². The van der Waals surface area contributed by atoms with Crippen LogP contribution < -0.4 is 5.73 Å². The molecule has 2 fully saturated rings. The molecule has 2 rings (SSSR count). The lowest BCUT2D eigenvalue weighted by Crippen LogP contribution is -2.44. The first-order valence-corrected chi connectivity index (χ1v) is 6.96. The van der Waals surface area contributed by atoms with Crippen molar-refractivity contribution in [3.63, 3.8) is 0 Å². The van der Waals surface area contributed by atoms with E-state index in [9.17, 15) is 14.4 Å². The highest BCUT2D eigenvalue weighted by Gasteiger charge is 2.72.